The Kier molecular flexibility index (Phi) is 6.08. The topological polar surface area (TPSA) is 82.6 Å². The Morgan fingerprint density at radius 3 is 2.74 bits per heavy atom. The Balaban J connectivity index is 1.75. The van der Waals surface area contributed by atoms with E-state index in [-0.39, 0.29) is 5.97 Å². The van der Waals surface area contributed by atoms with Crippen LogP contribution in [0.25, 0.3) is 10.2 Å². The van der Waals surface area contributed by atoms with E-state index in [4.69, 9.17) is 14.2 Å². The number of fused-ring (bicyclic) bond motifs is 1. The molecule has 0 saturated heterocycles. The van der Waals surface area contributed by atoms with Crippen LogP contribution in [0.1, 0.15) is 22.8 Å². The Labute approximate surface area is 161 Å². The Morgan fingerprint density at radius 2 is 2.00 bits per heavy atom. The van der Waals surface area contributed by atoms with Crippen LogP contribution in [0.3, 0.4) is 0 Å². The molecule has 0 saturated carbocycles. The van der Waals surface area contributed by atoms with Gasteiger partial charge >= 0.3 is 5.97 Å². The smallest absolute Gasteiger partial charge is 0.339 e. The fourth-order valence-corrected chi connectivity index (χ4v) is 3.61. The van der Waals surface area contributed by atoms with Crippen LogP contribution in [-0.4, -0.2) is 43.3 Å². The summed E-state index contributed by atoms with van der Waals surface area (Å²) in [6, 6.07) is 5.83. The maximum Gasteiger partial charge on any atom is 0.339 e. The zero-order valence-corrected chi connectivity index (χ0v) is 16.3. The zero-order chi connectivity index (χ0) is 19.2. The number of hydrogen-bond donors (Lipinski definition) is 1. The molecule has 142 valence electrons. The molecule has 0 bridgehead atoms. The molecule has 0 atom stereocenters. The number of hydrogen-bond acceptors (Lipinski definition) is 8. The first-order valence-electron chi connectivity index (χ1n) is 8.52. The average molecular weight is 387 g/mol. The van der Waals surface area contributed by atoms with E-state index in [2.05, 4.69) is 15.3 Å². The van der Waals surface area contributed by atoms with Crippen LogP contribution in [0.5, 0.6) is 11.5 Å². The lowest BCUT2D eigenvalue weighted by molar-refractivity contribution is 0.0529. The van der Waals surface area contributed by atoms with Gasteiger partial charge in [-0.3, -0.25) is 0 Å². The summed E-state index contributed by atoms with van der Waals surface area (Å²) in [6.45, 7) is 2.75. The van der Waals surface area contributed by atoms with E-state index in [1.165, 1.54) is 17.7 Å². The van der Waals surface area contributed by atoms with E-state index < -0.39 is 0 Å². The quantitative estimate of drug-likeness (QED) is 0.592. The molecular weight excluding hydrogens is 366 g/mol. The number of benzene rings is 1. The normalized spacial score (nSPS) is 10.6. The molecule has 0 fully saturated rings. The highest BCUT2D eigenvalue weighted by atomic mass is 32.1. The lowest BCUT2D eigenvalue weighted by Crippen LogP contribution is -2.09. The first kappa shape index (κ1) is 18.9. The number of thiophene rings is 1. The van der Waals surface area contributed by atoms with Gasteiger partial charge in [-0.15, -0.1) is 11.3 Å². The Bertz CT molecular complexity index is 942. The zero-order valence-electron chi connectivity index (χ0n) is 15.4. The Morgan fingerprint density at radius 1 is 1.19 bits per heavy atom. The third-order valence-electron chi connectivity index (χ3n) is 4.02. The number of methoxy groups -OCH3 is 2. The molecule has 3 rings (SSSR count). The molecule has 7 nitrogen and oxygen atoms in total. The molecule has 27 heavy (non-hydrogen) atoms. The second kappa shape index (κ2) is 8.68. The van der Waals surface area contributed by atoms with Crippen LogP contribution >= 0.6 is 11.3 Å². The van der Waals surface area contributed by atoms with Crippen molar-refractivity contribution in [2.45, 2.75) is 13.3 Å². The first-order chi connectivity index (χ1) is 13.2. The summed E-state index contributed by atoms with van der Waals surface area (Å²) in [4.78, 5) is 21.5. The SMILES string of the molecule is CCOC(=O)c1csc2ncnc(NCCc3ccc(OC)c(OC)c3)c12. The molecule has 1 N–H and O–H groups in total. The van der Waals surface area contributed by atoms with Crippen LogP contribution in [0.15, 0.2) is 29.9 Å². The summed E-state index contributed by atoms with van der Waals surface area (Å²) < 4.78 is 15.7. The van der Waals surface area contributed by atoms with Crippen molar-refractivity contribution >= 4 is 33.3 Å². The maximum atomic E-state index is 12.2. The van der Waals surface area contributed by atoms with Gasteiger partial charge in [-0.1, -0.05) is 6.07 Å². The third-order valence-corrected chi connectivity index (χ3v) is 4.91. The number of ether oxygens (including phenoxy) is 3. The van der Waals surface area contributed by atoms with Gasteiger partial charge in [0, 0.05) is 11.9 Å². The van der Waals surface area contributed by atoms with Crippen LogP contribution in [0.4, 0.5) is 5.82 Å². The van der Waals surface area contributed by atoms with E-state index in [0.29, 0.717) is 41.4 Å². The van der Waals surface area contributed by atoms with Gasteiger partial charge in [-0.25, -0.2) is 14.8 Å². The molecule has 2 heterocycles. The molecule has 0 spiro atoms. The van der Waals surface area contributed by atoms with Crippen molar-refractivity contribution in [3.05, 3.63) is 41.0 Å². The van der Waals surface area contributed by atoms with E-state index in [0.717, 1.165) is 16.8 Å². The van der Waals surface area contributed by atoms with Gasteiger partial charge in [0.05, 0.1) is 31.8 Å². The number of esters is 1. The molecular formula is C19H21N3O4S. The number of carbonyl (C=O) groups excluding carboxylic acids is 1. The first-order valence-corrected chi connectivity index (χ1v) is 9.40. The standard InChI is InChI=1S/C19H21N3O4S/c1-4-26-19(23)13-10-27-18-16(13)17(21-11-22-18)20-8-7-12-5-6-14(24-2)15(9-12)25-3/h5-6,9-11H,4,7-8H2,1-3H3,(H,20,21,22). The van der Waals surface area contributed by atoms with E-state index in [1.807, 2.05) is 18.2 Å². The van der Waals surface area contributed by atoms with E-state index >= 15 is 0 Å². The minimum atomic E-state index is -0.360. The molecule has 0 radical (unpaired) electrons. The van der Waals surface area contributed by atoms with Gasteiger partial charge in [-0.2, -0.15) is 0 Å². The van der Waals surface area contributed by atoms with Gasteiger partial charge in [0.25, 0.3) is 0 Å². The lowest BCUT2D eigenvalue weighted by atomic mass is 10.1. The third kappa shape index (κ3) is 4.11. The van der Waals surface area contributed by atoms with E-state index in [1.54, 1.807) is 26.5 Å². The monoisotopic (exact) mass is 387 g/mol. The van der Waals surface area contributed by atoms with Gasteiger partial charge in [-0.05, 0) is 31.0 Å². The molecule has 0 unspecified atom stereocenters. The summed E-state index contributed by atoms with van der Waals surface area (Å²) >= 11 is 1.40. The highest BCUT2D eigenvalue weighted by molar-refractivity contribution is 7.17. The number of nitrogens with zero attached hydrogens (tertiary/aromatic N) is 2. The minimum Gasteiger partial charge on any atom is -0.493 e. The molecule has 1 aromatic carbocycles. The van der Waals surface area contributed by atoms with Crippen molar-refractivity contribution in [2.75, 3.05) is 32.7 Å². The highest BCUT2D eigenvalue weighted by Gasteiger charge is 2.18. The number of carbonyl (C=O) groups is 1. The largest absolute Gasteiger partial charge is 0.493 e. The average Bonchev–Trinajstić information content (AvgIpc) is 3.13. The maximum absolute atomic E-state index is 12.2. The minimum absolute atomic E-state index is 0.325. The summed E-state index contributed by atoms with van der Waals surface area (Å²) in [5, 5.41) is 5.76. The van der Waals surface area contributed by atoms with Gasteiger partial charge in [0.15, 0.2) is 11.5 Å². The highest BCUT2D eigenvalue weighted by Crippen LogP contribution is 2.30. The predicted molar refractivity (Wildman–Crippen MR) is 105 cm³/mol. The molecule has 2 aromatic heterocycles. The molecule has 0 aliphatic carbocycles. The van der Waals surface area contributed by atoms with Crippen LogP contribution in [0.2, 0.25) is 0 Å². The van der Waals surface area contributed by atoms with Crippen LogP contribution in [0, 0.1) is 0 Å². The second-order valence-corrected chi connectivity index (χ2v) is 6.50. The fourth-order valence-electron chi connectivity index (χ4n) is 2.73. The van der Waals surface area contributed by atoms with Crippen molar-refractivity contribution < 1.29 is 19.0 Å². The molecule has 0 aliphatic heterocycles. The number of aromatic nitrogens is 2. The van der Waals surface area contributed by atoms with Crippen LogP contribution in [-0.2, 0) is 11.2 Å². The van der Waals surface area contributed by atoms with E-state index in [9.17, 15) is 4.79 Å². The summed E-state index contributed by atoms with van der Waals surface area (Å²) in [7, 11) is 3.23. The van der Waals surface area contributed by atoms with Crippen molar-refractivity contribution in [2.24, 2.45) is 0 Å². The lowest BCUT2D eigenvalue weighted by Gasteiger charge is -2.11. The van der Waals surface area contributed by atoms with Crippen molar-refractivity contribution in [3.63, 3.8) is 0 Å². The van der Waals surface area contributed by atoms with Gasteiger partial charge < -0.3 is 19.5 Å². The number of nitrogens with one attached hydrogen (secondary N) is 1. The summed E-state index contributed by atoms with van der Waals surface area (Å²) in [5.74, 6) is 1.66. The Hall–Kier alpha value is -2.87. The van der Waals surface area contributed by atoms with Crippen molar-refractivity contribution in [1.82, 2.24) is 9.97 Å². The summed E-state index contributed by atoms with van der Waals surface area (Å²) in [5.41, 5.74) is 1.59. The summed E-state index contributed by atoms with van der Waals surface area (Å²) in [6.07, 6.45) is 2.25. The van der Waals surface area contributed by atoms with Crippen LogP contribution < -0.4 is 14.8 Å². The molecule has 0 amide bonds. The number of rotatable bonds is 8. The van der Waals surface area contributed by atoms with Gasteiger partial charge in [0.1, 0.15) is 17.0 Å². The molecule has 8 heteroatoms. The van der Waals surface area contributed by atoms with Crippen molar-refractivity contribution in [1.29, 1.82) is 0 Å². The van der Waals surface area contributed by atoms with Crippen molar-refractivity contribution in [3.8, 4) is 11.5 Å². The molecule has 0 aliphatic rings. The number of anilines is 1. The second-order valence-electron chi connectivity index (χ2n) is 5.64. The van der Waals surface area contributed by atoms with Gasteiger partial charge in [0.2, 0.25) is 0 Å². The predicted octanol–water partition coefficient (Wildman–Crippen LogP) is 3.54. The fraction of sp³-hybridized carbons (Fsp3) is 0.316. The molecule has 3 aromatic rings.